The van der Waals surface area contributed by atoms with Gasteiger partial charge in [-0.05, 0) is 36.4 Å². The standard InChI is InChI=1S/C16H14BO6/c1-20-13-5-3-11(9-18)7-15(13)22-17-23-16-8-12(10-19)4-6-14(16)21-2/h3-10H,1-2H3. The van der Waals surface area contributed by atoms with Crippen LogP contribution >= 0.6 is 0 Å². The highest BCUT2D eigenvalue weighted by Gasteiger charge is 2.11. The highest BCUT2D eigenvalue weighted by molar-refractivity contribution is 6.21. The zero-order chi connectivity index (χ0) is 16.7. The van der Waals surface area contributed by atoms with Crippen LogP contribution in [-0.4, -0.2) is 34.5 Å². The third-order valence-corrected chi connectivity index (χ3v) is 3.00. The van der Waals surface area contributed by atoms with Crippen LogP contribution in [0.4, 0.5) is 0 Å². The van der Waals surface area contributed by atoms with Crippen molar-refractivity contribution in [2.45, 2.75) is 0 Å². The van der Waals surface area contributed by atoms with Crippen molar-refractivity contribution in [3.05, 3.63) is 47.5 Å². The van der Waals surface area contributed by atoms with Crippen LogP contribution in [0.15, 0.2) is 36.4 Å². The fourth-order valence-corrected chi connectivity index (χ4v) is 1.85. The van der Waals surface area contributed by atoms with E-state index in [0.29, 0.717) is 46.7 Å². The van der Waals surface area contributed by atoms with Gasteiger partial charge in [0.1, 0.15) is 24.1 Å². The Bertz CT molecular complexity index is 641. The Labute approximate surface area is 134 Å². The summed E-state index contributed by atoms with van der Waals surface area (Å²) >= 11 is 0. The van der Waals surface area contributed by atoms with E-state index in [0.717, 1.165) is 7.69 Å². The molecule has 23 heavy (non-hydrogen) atoms. The number of carbonyl (C=O) groups is 2. The molecule has 0 aliphatic heterocycles. The first-order valence-corrected chi connectivity index (χ1v) is 6.63. The summed E-state index contributed by atoms with van der Waals surface area (Å²) in [5.41, 5.74) is 0.879. The third-order valence-electron chi connectivity index (χ3n) is 3.00. The van der Waals surface area contributed by atoms with E-state index in [4.69, 9.17) is 18.8 Å². The molecule has 0 spiro atoms. The lowest BCUT2D eigenvalue weighted by Crippen LogP contribution is -2.12. The number of carbonyl (C=O) groups excluding carboxylic acids is 2. The molecule has 0 aliphatic rings. The number of rotatable bonds is 8. The normalized spacial score (nSPS) is 9.65. The Balaban J connectivity index is 2.10. The molecule has 2 aromatic carbocycles. The first-order valence-electron chi connectivity index (χ1n) is 6.63. The predicted octanol–water partition coefficient (Wildman–Crippen LogP) is 2.32. The Morgan fingerprint density at radius 2 is 1.17 bits per heavy atom. The van der Waals surface area contributed by atoms with Crippen molar-refractivity contribution in [3.63, 3.8) is 0 Å². The van der Waals surface area contributed by atoms with E-state index in [9.17, 15) is 9.59 Å². The summed E-state index contributed by atoms with van der Waals surface area (Å²) in [7, 11) is 4.04. The lowest BCUT2D eigenvalue weighted by molar-refractivity contribution is 0.111. The van der Waals surface area contributed by atoms with Crippen LogP contribution in [0.1, 0.15) is 20.7 Å². The van der Waals surface area contributed by atoms with Crippen molar-refractivity contribution in [1.29, 1.82) is 0 Å². The molecule has 117 valence electrons. The maximum atomic E-state index is 10.8. The fraction of sp³-hybridized carbons (Fsp3) is 0.125. The molecule has 0 saturated heterocycles. The van der Waals surface area contributed by atoms with E-state index >= 15 is 0 Å². The second-order valence-corrected chi connectivity index (χ2v) is 4.39. The number of benzene rings is 2. The largest absolute Gasteiger partial charge is 0.658 e. The molecule has 6 nitrogen and oxygen atoms in total. The molecule has 0 saturated carbocycles. The van der Waals surface area contributed by atoms with Gasteiger partial charge in [0.05, 0.1) is 14.2 Å². The second kappa shape index (κ2) is 7.88. The number of methoxy groups -OCH3 is 2. The highest BCUT2D eigenvalue weighted by Crippen LogP contribution is 2.29. The number of ether oxygens (including phenoxy) is 2. The van der Waals surface area contributed by atoms with Crippen molar-refractivity contribution in [2.75, 3.05) is 14.2 Å². The smallest absolute Gasteiger partial charge is 0.524 e. The number of hydrogen-bond acceptors (Lipinski definition) is 6. The van der Waals surface area contributed by atoms with Gasteiger partial charge in [-0.15, -0.1) is 0 Å². The molecule has 2 rings (SSSR count). The Hall–Kier alpha value is -2.96. The molecule has 2 aromatic rings. The Morgan fingerprint density at radius 3 is 1.52 bits per heavy atom. The van der Waals surface area contributed by atoms with Gasteiger partial charge in [0, 0.05) is 11.1 Å². The van der Waals surface area contributed by atoms with Gasteiger partial charge >= 0.3 is 7.69 Å². The van der Waals surface area contributed by atoms with Crippen molar-refractivity contribution in [2.24, 2.45) is 0 Å². The molecule has 0 amide bonds. The van der Waals surface area contributed by atoms with Crippen LogP contribution in [0, 0.1) is 0 Å². The zero-order valence-electron chi connectivity index (χ0n) is 12.6. The van der Waals surface area contributed by atoms with E-state index in [1.54, 1.807) is 24.3 Å². The summed E-state index contributed by atoms with van der Waals surface area (Å²) in [6.07, 6.45) is 1.40. The van der Waals surface area contributed by atoms with Crippen LogP contribution in [0.2, 0.25) is 0 Å². The summed E-state index contributed by atoms with van der Waals surface area (Å²) in [5.74, 6) is 1.54. The maximum absolute atomic E-state index is 10.8. The van der Waals surface area contributed by atoms with E-state index in [1.165, 1.54) is 26.4 Å². The third kappa shape index (κ3) is 4.03. The molecule has 0 aromatic heterocycles. The first kappa shape index (κ1) is 16.4. The predicted molar refractivity (Wildman–Crippen MR) is 83.8 cm³/mol. The van der Waals surface area contributed by atoms with Gasteiger partial charge in [-0.3, -0.25) is 9.59 Å². The lowest BCUT2D eigenvalue weighted by Gasteiger charge is -2.12. The molecule has 1 radical (unpaired) electrons. The van der Waals surface area contributed by atoms with Crippen molar-refractivity contribution >= 4 is 20.3 Å². The minimum atomic E-state index is 0.322. The number of hydrogen-bond donors (Lipinski definition) is 0. The maximum Gasteiger partial charge on any atom is 0.658 e. The quantitative estimate of drug-likeness (QED) is 0.550. The van der Waals surface area contributed by atoms with Crippen LogP contribution < -0.4 is 18.8 Å². The second-order valence-electron chi connectivity index (χ2n) is 4.39. The molecule has 0 N–H and O–H groups in total. The van der Waals surface area contributed by atoms with Gasteiger partial charge in [-0.2, -0.15) is 0 Å². The van der Waals surface area contributed by atoms with Crippen LogP contribution in [-0.2, 0) is 0 Å². The average molecular weight is 313 g/mol. The SMILES string of the molecule is COc1ccc(C=O)cc1O[B]Oc1cc(C=O)ccc1OC. The monoisotopic (exact) mass is 313 g/mol. The van der Waals surface area contributed by atoms with Crippen LogP contribution in [0.25, 0.3) is 0 Å². The minimum Gasteiger partial charge on any atom is -0.524 e. The molecular weight excluding hydrogens is 299 g/mol. The first-order chi connectivity index (χ1) is 11.2. The minimum absolute atomic E-state index is 0.322. The van der Waals surface area contributed by atoms with Crippen molar-refractivity contribution in [3.8, 4) is 23.0 Å². The Kier molecular flexibility index (Phi) is 5.63. The molecule has 0 atom stereocenters. The summed E-state index contributed by atoms with van der Waals surface area (Å²) in [4.78, 5) is 21.6. The Morgan fingerprint density at radius 1 is 0.739 bits per heavy atom. The van der Waals surface area contributed by atoms with Crippen molar-refractivity contribution in [1.82, 2.24) is 0 Å². The molecule has 0 aliphatic carbocycles. The molecule has 7 heteroatoms. The summed E-state index contributed by atoms with van der Waals surface area (Å²) < 4.78 is 21.0. The van der Waals surface area contributed by atoms with Crippen LogP contribution in [0.5, 0.6) is 23.0 Å². The van der Waals surface area contributed by atoms with Gasteiger partial charge in [0.15, 0.2) is 11.5 Å². The lowest BCUT2D eigenvalue weighted by atomic mass is 10.2. The average Bonchev–Trinajstić information content (AvgIpc) is 2.61. The summed E-state index contributed by atoms with van der Waals surface area (Å²) in [6.45, 7) is 0. The highest BCUT2D eigenvalue weighted by atomic mass is 16.6. The topological polar surface area (TPSA) is 71.1 Å². The van der Waals surface area contributed by atoms with Gasteiger partial charge in [-0.25, -0.2) is 0 Å². The van der Waals surface area contributed by atoms with Gasteiger partial charge in [-0.1, -0.05) is 0 Å². The van der Waals surface area contributed by atoms with E-state index in [1.807, 2.05) is 0 Å². The molecule has 0 heterocycles. The van der Waals surface area contributed by atoms with Crippen LogP contribution in [0.3, 0.4) is 0 Å². The van der Waals surface area contributed by atoms with E-state index in [-0.39, 0.29) is 0 Å². The fourth-order valence-electron chi connectivity index (χ4n) is 1.85. The zero-order valence-corrected chi connectivity index (χ0v) is 12.6. The van der Waals surface area contributed by atoms with E-state index < -0.39 is 0 Å². The van der Waals surface area contributed by atoms with E-state index in [2.05, 4.69) is 0 Å². The van der Waals surface area contributed by atoms with Gasteiger partial charge < -0.3 is 18.8 Å². The summed E-state index contributed by atoms with van der Waals surface area (Å²) in [5, 5.41) is 0. The summed E-state index contributed by atoms with van der Waals surface area (Å²) in [6, 6.07) is 9.48. The molecule has 0 fully saturated rings. The van der Waals surface area contributed by atoms with Gasteiger partial charge in [0.25, 0.3) is 0 Å². The van der Waals surface area contributed by atoms with Crippen molar-refractivity contribution < 1.29 is 28.4 Å². The molecule has 0 unspecified atom stereocenters. The van der Waals surface area contributed by atoms with Gasteiger partial charge in [0.2, 0.25) is 0 Å². The number of aldehydes is 2. The molecule has 0 bridgehead atoms. The molecular formula is C16H14BO6.